The van der Waals surface area contributed by atoms with Crippen molar-refractivity contribution in [1.82, 2.24) is 5.32 Å². The minimum atomic E-state index is 0.206. The first-order valence-corrected chi connectivity index (χ1v) is 3.55. The molecule has 0 aromatic carbocycles. The van der Waals surface area contributed by atoms with Crippen molar-refractivity contribution in [3.8, 4) is 0 Å². The summed E-state index contributed by atoms with van der Waals surface area (Å²) in [4.78, 5) is 0. The molecule has 0 aromatic heterocycles. The molecule has 0 saturated carbocycles. The summed E-state index contributed by atoms with van der Waals surface area (Å²) in [5.74, 6) is 0.206. The first-order valence-electron chi connectivity index (χ1n) is 3.17. The van der Waals surface area contributed by atoms with E-state index in [1.165, 1.54) is 0 Å². The van der Waals surface area contributed by atoms with Crippen LogP contribution in [0.3, 0.4) is 0 Å². The summed E-state index contributed by atoms with van der Waals surface area (Å²) in [7, 11) is 0. The summed E-state index contributed by atoms with van der Waals surface area (Å²) in [6.45, 7) is 4.65. The summed E-state index contributed by atoms with van der Waals surface area (Å²) >= 11 is 5.46. The Balaban J connectivity index is 3.21. The zero-order valence-electron chi connectivity index (χ0n) is 6.18. The van der Waals surface area contributed by atoms with Crippen LogP contribution >= 0.6 is 11.6 Å². The second-order valence-electron chi connectivity index (χ2n) is 2.04. The van der Waals surface area contributed by atoms with E-state index in [9.17, 15) is 0 Å². The first kappa shape index (κ1) is 10.3. The predicted octanol–water partition coefficient (Wildman–Crippen LogP) is 0.465. The lowest BCUT2D eigenvalue weighted by atomic mass is 10.4. The molecule has 0 atom stereocenters. The maximum absolute atomic E-state index is 8.13. The number of nitrogens with one attached hydrogen (secondary N) is 1. The highest BCUT2D eigenvalue weighted by atomic mass is 35.5. The Labute approximate surface area is 70.7 Å². The van der Waals surface area contributed by atoms with E-state index in [0.29, 0.717) is 24.5 Å². The molecule has 0 heterocycles. The van der Waals surface area contributed by atoms with Gasteiger partial charge in [0.25, 0.3) is 0 Å². The maximum atomic E-state index is 8.13. The normalized spacial score (nSPS) is 11.5. The Kier molecular flexibility index (Phi) is 5.60. The van der Waals surface area contributed by atoms with Crippen LogP contribution in [0.1, 0.15) is 6.42 Å². The molecule has 0 aliphatic rings. The number of rotatable bonds is 5. The van der Waals surface area contributed by atoms with Crippen LogP contribution in [0.5, 0.6) is 0 Å². The number of hydrogen-bond donors (Lipinski definition) is 3. The molecule has 0 unspecified atom stereocenters. The number of nitrogens with zero attached hydrogens (tertiary/aromatic N) is 1. The van der Waals surface area contributed by atoms with Gasteiger partial charge in [-0.05, 0) is 0 Å². The van der Waals surface area contributed by atoms with E-state index in [2.05, 4.69) is 17.1 Å². The molecule has 0 amide bonds. The Morgan fingerprint density at radius 2 is 2.36 bits per heavy atom. The van der Waals surface area contributed by atoms with E-state index in [0.717, 1.165) is 0 Å². The van der Waals surface area contributed by atoms with Crippen LogP contribution in [0.25, 0.3) is 0 Å². The first-order chi connectivity index (χ1) is 5.16. The number of amidine groups is 1. The molecule has 0 aliphatic carbocycles. The fourth-order valence-electron chi connectivity index (χ4n) is 0.490. The van der Waals surface area contributed by atoms with Crippen LogP contribution in [0, 0.1) is 0 Å². The van der Waals surface area contributed by atoms with Crippen LogP contribution in [-0.4, -0.2) is 24.1 Å². The van der Waals surface area contributed by atoms with Crippen molar-refractivity contribution in [2.45, 2.75) is 6.42 Å². The van der Waals surface area contributed by atoms with E-state index < -0.39 is 0 Å². The maximum Gasteiger partial charge on any atom is 0.140 e. The van der Waals surface area contributed by atoms with Crippen LogP contribution in [0.15, 0.2) is 16.8 Å². The van der Waals surface area contributed by atoms with Gasteiger partial charge in [0.2, 0.25) is 0 Å². The van der Waals surface area contributed by atoms with Gasteiger partial charge in [0.15, 0.2) is 0 Å². The fourth-order valence-corrected chi connectivity index (χ4v) is 0.585. The van der Waals surface area contributed by atoms with Gasteiger partial charge >= 0.3 is 0 Å². The van der Waals surface area contributed by atoms with E-state index in [4.69, 9.17) is 22.5 Å². The molecular formula is C6H12ClN3O. The summed E-state index contributed by atoms with van der Waals surface area (Å²) in [6, 6.07) is 0. The minimum Gasteiger partial charge on any atom is -0.409 e. The Hall–Kier alpha value is -0.740. The lowest BCUT2D eigenvalue weighted by Gasteiger charge is -2.00. The highest BCUT2D eigenvalue weighted by molar-refractivity contribution is 6.29. The molecule has 0 aromatic rings. The molecule has 0 aliphatic heterocycles. The van der Waals surface area contributed by atoms with E-state index >= 15 is 0 Å². The minimum absolute atomic E-state index is 0.206. The van der Waals surface area contributed by atoms with Gasteiger partial charge in [0.1, 0.15) is 5.84 Å². The molecule has 0 fully saturated rings. The average Bonchev–Trinajstić information content (AvgIpc) is 1.97. The molecular weight excluding hydrogens is 166 g/mol. The highest BCUT2D eigenvalue weighted by Gasteiger charge is 1.92. The van der Waals surface area contributed by atoms with E-state index in [1.54, 1.807) is 0 Å². The molecule has 0 saturated heterocycles. The van der Waals surface area contributed by atoms with Gasteiger partial charge in [-0.1, -0.05) is 23.3 Å². The van der Waals surface area contributed by atoms with Crippen LogP contribution < -0.4 is 11.1 Å². The van der Waals surface area contributed by atoms with Crippen molar-refractivity contribution < 1.29 is 5.21 Å². The van der Waals surface area contributed by atoms with Crippen molar-refractivity contribution in [3.63, 3.8) is 0 Å². The lowest BCUT2D eigenvalue weighted by Crippen LogP contribution is -2.23. The summed E-state index contributed by atoms with van der Waals surface area (Å²) in [5, 5.41) is 14.4. The SMILES string of the molecule is C=C(Cl)CNCCC(N)=NO. The molecule has 11 heavy (non-hydrogen) atoms. The van der Waals surface area contributed by atoms with Gasteiger partial charge in [0.05, 0.1) is 0 Å². The molecule has 4 N–H and O–H groups in total. The molecule has 4 nitrogen and oxygen atoms in total. The van der Waals surface area contributed by atoms with Gasteiger partial charge < -0.3 is 16.3 Å². The monoisotopic (exact) mass is 177 g/mol. The third kappa shape index (κ3) is 7.15. The number of oxime groups is 1. The second kappa shape index (κ2) is 6.00. The zero-order valence-corrected chi connectivity index (χ0v) is 6.93. The second-order valence-corrected chi connectivity index (χ2v) is 2.57. The number of nitrogens with two attached hydrogens (primary N) is 1. The Bertz CT molecular complexity index is 158. The molecule has 0 radical (unpaired) electrons. The third-order valence-corrected chi connectivity index (χ3v) is 1.14. The summed E-state index contributed by atoms with van der Waals surface area (Å²) in [5.41, 5.74) is 5.19. The van der Waals surface area contributed by atoms with E-state index in [-0.39, 0.29) is 5.84 Å². The van der Waals surface area contributed by atoms with Crippen LogP contribution in [-0.2, 0) is 0 Å². The van der Waals surface area contributed by atoms with Gasteiger partial charge in [-0.3, -0.25) is 0 Å². The largest absolute Gasteiger partial charge is 0.409 e. The standard InChI is InChI=1S/C6H12ClN3O/c1-5(7)4-9-3-2-6(8)10-11/h9,11H,1-4H2,(H2,8,10). The Morgan fingerprint density at radius 1 is 1.73 bits per heavy atom. The number of hydrogen-bond acceptors (Lipinski definition) is 3. The quantitative estimate of drug-likeness (QED) is 0.188. The molecule has 64 valence electrons. The van der Waals surface area contributed by atoms with Crippen molar-refractivity contribution >= 4 is 17.4 Å². The zero-order chi connectivity index (χ0) is 8.69. The van der Waals surface area contributed by atoms with E-state index in [1.807, 2.05) is 0 Å². The Morgan fingerprint density at radius 3 is 2.82 bits per heavy atom. The van der Waals surface area contributed by atoms with Crippen LogP contribution in [0.4, 0.5) is 0 Å². The van der Waals surface area contributed by atoms with Crippen LogP contribution in [0.2, 0.25) is 0 Å². The lowest BCUT2D eigenvalue weighted by molar-refractivity contribution is 0.316. The summed E-state index contributed by atoms with van der Waals surface area (Å²) < 4.78 is 0. The fraction of sp³-hybridized carbons (Fsp3) is 0.500. The molecule has 0 rings (SSSR count). The number of halogens is 1. The van der Waals surface area contributed by atoms with Gasteiger partial charge in [-0.15, -0.1) is 0 Å². The van der Waals surface area contributed by atoms with Gasteiger partial charge in [-0.25, -0.2) is 0 Å². The molecule has 0 bridgehead atoms. The molecule has 0 spiro atoms. The van der Waals surface area contributed by atoms with Crippen molar-refractivity contribution in [1.29, 1.82) is 0 Å². The van der Waals surface area contributed by atoms with Crippen molar-refractivity contribution in [2.24, 2.45) is 10.9 Å². The van der Waals surface area contributed by atoms with Gasteiger partial charge in [0, 0.05) is 24.5 Å². The smallest absolute Gasteiger partial charge is 0.140 e. The third-order valence-electron chi connectivity index (χ3n) is 1.00. The average molecular weight is 178 g/mol. The van der Waals surface area contributed by atoms with Crippen molar-refractivity contribution in [2.75, 3.05) is 13.1 Å². The summed E-state index contributed by atoms with van der Waals surface area (Å²) in [6.07, 6.45) is 0.501. The topological polar surface area (TPSA) is 70.6 Å². The predicted molar refractivity (Wildman–Crippen MR) is 45.9 cm³/mol. The highest BCUT2D eigenvalue weighted by Crippen LogP contribution is 1.91. The van der Waals surface area contributed by atoms with Crippen molar-refractivity contribution in [3.05, 3.63) is 11.6 Å². The molecule has 5 heteroatoms. The van der Waals surface area contributed by atoms with Gasteiger partial charge in [-0.2, -0.15) is 0 Å².